The molecule has 0 unspecified atom stereocenters. The van der Waals surface area contributed by atoms with Crippen LogP contribution in [0.25, 0.3) is 0 Å². The van der Waals surface area contributed by atoms with Crippen LogP contribution in [0.4, 0.5) is 0 Å². The summed E-state index contributed by atoms with van der Waals surface area (Å²) in [6.45, 7) is 1.55. The lowest BCUT2D eigenvalue weighted by atomic mass is 10.1. The van der Waals surface area contributed by atoms with Gasteiger partial charge in [0.2, 0.25) is 0 Å². The molecule has 2 aromatic rings. The van der Waals surface area contributed by atoms with Crippen molar-refractivity contribution in [2.24, 2.45) is 0 Å². The molecule has 0 aliphatic heterocycles. The van der Waals surface area contributed by atoms with E-state index in [4.69, 9.17) is 4.52 Å². The number of amides is 1. The summed E-state index contributed by atoms with van der Waals surface area (Å²) in [6.07, 6.45) is 1.95. The molecule has 1 atom stereocenters. The van der Waals surface area contributed by atoms with E-state index < -0.39 is 0 Å². The summed E-state index contributed by atoms with van der Waals surface area (Å²) >= 11 is 0. The minimum atomic E-state index is -0.329. The van der Waals surface area contributed by atoms with Gasteiger partial charge >= 0.3 is 0 Å². The molecule has 19 heavy (non-hydrogen) atoms. The van der Waals surface area contributed by atoms with Crippen LogP contribution >= 0.6 is 0 Å². The molecule has 0 aliphatic rings. The number of hydrogen-bond donors (Lipinski definition) is 2. The minimum Gasteiger partial charge on any atom is -0.394 e. The molecule has 5 nitrogen and oxygen atoms in total. The molecule has 0 fully saturated rings. The second kappa shape index (κ2) is 6.15. The summed E-state index contributed by atoms with van der Waals surface area (Å²) in [5.41, 5.74) is 1.45. The maximum absolute atomic E-state index is 12.0. The van der Waals surface area contributed by atoms with Gasteiger partial charge in [-0.15, -0.1) is 0 Å². The molecule has 100 valence electrons. The zero-order valence-corrected chi connectivity index (χ0v) is 10.7. The first-order chi connectivity index (χ1) is 9.20. The van der Waals surface area contributed by atoms with Crippen molar-refractivity contribution in [3.8, 4) is 0 Å². The zero-order chi connectivity index (χ0) is 13.7. The molecular weight excluding hydrogens is 244 g/mol. The van der Waals surface area contributed by atoms with Gasteiger partial charge in [-0.1, -0.05) is 35.5 Å². The first-order valence-corrected chi connectivity index (χ1v) is 6.07. The van der Waals surface area contributed by atoms with Gasteiger partial charge in [0, 0.05) is 0 Å². The Morgan fingerprint density at radius 3 is 2.74 bits per heavy atom. The first kappa shape index (κ1) is 13.3. The van der Waals surface area contributed by atoms with Crippen LogP contribution in [0, 0.1) is 6.92 Å². The molecule has 1 aromatic heterocycles. The van der Waals surface area contributed by atoms with Gasteiger partial charge < -0.3 is 14.9 Å². The summed E-state index contributed by atoms with van der Waals surface area (Å²) in [5.74, 6) is 0.183. The Balaban J connectivity index is 2.00. The minimum absolute atomic E-state index is 0.120. The van der Waals surface area contributed by atoms with Gasteiger partial charge in [-0.3, -0.25) is 4.79 Å². The lowest BCUT2D eigenvalue weighted by Crippen LogP contribution is -2.39. The number of aromatic nitrogens is 1. The average Bonchev–Trinajstić information content (AvgIpc) is 2.85. The fourth-order valence-electron chi connectivity index (χ4n) is 1.84. The third-order valence-electron chi connectivity index (χ3n) is 2.88. The fraction of sp³-hybridized carbons (Fsp3) is 0.286. The summed E-state index contributed by atoms with van der Waals surface area (Å²) in [4.78, 5) is 12.0. The van der Waals surface area contributed by atoms with Crippen molar-refractivity contribution in [1.82, 2.24) is 10.5 Å². The van der Waals surface area contributed by atoms with Gasteiger partial charge in [0.25, 0.3) is 5.91 Å². The molecule has 0 aliphatic carbocycles. The number of carbonyl (C=O) groups excluding carboxylic acids is 1. The predicted molar refractivity (Wildman–Crippen MR) is 69.7 cm³/mol. The van der Waals surface area contributed by atoms with E-state index in [1.165, 1.54) is 6.20 Å². The van der Waals surface area contributed by atoms with Crippen LogP contribution in [0.15, 0.2) is 41.1 Å². The van der Waals surface area contributed by atoms with Gasteiger partial charge in [0.05, 0.1) is 18.8 Å². The van der Waals surface area contributed by atoms with Crippen molar-refractivity contribution >= 4 is 5.91 Å². The van der Waals surface area contributed by atoms with E-state index >= 15 is 0 Å². The van der Waals surface area contributed by atoms with Crippen LogP contribution in [0.2, 0.25) is 0 Å². The number of nitrogens with one attached hydrogen (secondary N) is 1. The van der Waals surface area contributed by atoms with E-state index in [-0.39, 0.29) is 18.6 Å². The second-order valence-corrected chi connectivity index (χ2v) is 4.34. The van der Waals surface area contributed by atoms with E-state index in [1.54, 1.807) is 6.92 Å². The Morgan fingerprint density at radius 1 is 1.42 bits per heavy atom. The quantitative estimate of drug-likeness (QED) is 0.850. The number of rotatable bonds is 5. The highest BCUT2D eigenvalue weighted by molar-refractivity contribution is 5.94. The molecule has 5 heteroatoms. The number of aliphatic hydroxyl groups is 1. The summed E-state index contributed by atoms with van der Waals surface area (Å²) in [5, 5.41) is 15.7. The van der Waals surface area contributed by atoms with E-state index in [0.717, 1.165) is 5.56 Å². The number of carbonyl (C=O) groups is 1. The van der Waals surface area contributed by atoms with Crippen molar-refractivity contribution in [3.05, 3.63) is 53.4 Å². The Morgan fingerprint density at radius 2 is 2.16 bits per heavy atom. The molecule has 1 amide bonds. The number of hydrogen-bond acceptors (Lipinski definition) is 4. The van der Waals surface area contributed by atoms with Crippen LogP contribution in [0.1, 0.15) is 21.7 Å². The molecule has 0 saturated carbocycles. The van der Waals surface area contributed by atoms with Crippen molar-refractivity contribution in [2.75, 3.05) is 6.61 Å². The molecule has 1 aromatic carbocycles. The predicted octanol–water partition coefficient (Wildman–Crippen LogP) is 1.32. The Bertz CT molecular complexity index is 537. The van der Waals surface area contributed by atoms with Crippen molar-refractivity contribution < 1.29 is 14.4 Å². The maximum Gasteiger partial charge on any atom is 0.256 e. The summed E-state index contributed by atoms with van der Waals surface area (Å²) < 4.78 is 4.85. The summed E-state index contributed by atoms with van der Waals surface area (Å²) in [7, 11) is 0. The zero-order valence-electron chi connectivity index (χ0n) is 10.7. The lowest BCUT2D eigenvalue weighted by molar-refractivity contribution is 0.0915. The van der Waals surface area contributed by atoms with Crippen molar-refractivity contribution in [3.63, 3.8) is 0 Å². The SMILES string of the molecule is Cc1oncc1C(=O)N[C@H](CO)Cc1ccccc1. The number of benzene rings is 1. The van der Waals surface area contributed by atoms with Gasteiger partial charge in [0.1, 0.15) is 11.3 Å². The van der Waals surface area contributed by atoms with Crippen LogP contribution in [0.5, 0.6) is 0 Å². The molecule has 0 spiro atoms. The van der Waals surface area contributed by atoms with E-state index in [9.17, 15) is 9.90 Å². The number of nitrogens with zero attached hydrogens (tertiary/aromatic N) is 1. The molecular formula is C14H16N2O3. The average molecular weight is 260 g/mol. The van der Waals surface area contributed by atoms with E-state index in [0.29, 0.717) is 17.7 Å². The van der Waals surface area contributed by atoms with Crippen molar-refractivity contribution in [1.29, 1.82) is 0 Å². The lowest BCUT2D eigenvalue weighted by Gasteiger charge is -2.15. The Kier molecular flexibility index (Phi) is 4.30. The van der Waals surface area contributed by atoms with Gasteiger partial charge in [-0.25, -0.2) is 0 Å². The first-order valence-electron chi connectivity index (χ1n) is 6.07. The third kappa shape index (κ3) is 3.42. The van der Waals surface area contributed by atoms with Crippen molar-refractivity contribution in [2.45, 2.75) is 19.4 Å². The fourth-order valence-corrected chi connectivity index (χ4v) is 1.84. The van der Waals surface area contributed by atoms with Gasteiger partial charge in [-0.05, 0) is 18.9 Å². The van der Waals surface area contributed by atoms with Crippen LogP contribution < -0.4 is 5.32 Å². The highest BCUT2D eigenvalue weighted by Gasteiger charge is 2.17. The smallest absolute Gasteiger partial charge is 0.256 e. The molecule has 0 radical (unpaired) electrons. The number of aryl methyl sites for hydroxylation is 1. The Labute approximate surface area is 111 Å². The van der Waals surface area contributed by atoms with Gasteiger partial charge in [0.15, 0.2) is 0 Å². The molecule has 0 saturated heterocycles. The van der Waals surface area contributed by atoms with Crippen LogP contribution in [-0.2, 0) is 6.42 Å². The normalized spacial score (nSPS) is 12.1. The van der Waals surface area contributed by atoms with Crippen LogP contribution in [0.3, 0.4) is 0 Å². The molecule has 2 rings (SSSR count). The monoisotopic (exact) mass is 260 g/mol. The standard InChI is InChI=1S/C14H16N2O3/c1-10-13(8-15-19-10)14(18)16-12(9-17)7-11-5-3-2-4-6-11/h2-6,8,12,17H,7,9H2,1H3,(H,16,18)/t12-/m0/s1. The number of aliphatic hydroxyl groups excluding tert-OH is 1. The topological polar surface area (TPSA) is 75.4 Å². The Hall–Kier alpha value is -2.14. The molecule has 2 N–H and O–H groups in total. The summed E-state index contributed by atoms with van der Waals surface area (Å²) in [6, 6.07) is 9.37. The largest absolute Gasteiger partial charge is 0.394 e. The highest BCUT2D eigenvalue weighted by Crippen LogP contribution is 2.07. The third-order valence-corrected chi connectivity index (χ3v) is 2.88. The second-order valence-electron chi connectivity index (χ2n) is 4.34. The highest BCUT2D eigenvalue weighted by atomic mass is 16.5. The molecule has 1 heterocycles. The van der Waals surface area contributed by atoms with E-state index in [1.807, 2.05) is 30.3 Å². The van der Waals surface area contributed by atoms with Gasteiger partial charge in [-0.2, -0.15) is 0 Å². The maximum atomic E-state index is 12.0. The van der Waals surface area contributed by atoms with E-state index in [2.05, 4.69) is 10.5 Å². The van der Waals surface area contributed by atoms with Crippen LogP contribution in [-0.4, -0.2) is 28.8 Å². The molecule has 0 bridgehead atoms.